The lowest BCUT2D eigenvalue weighted by Gasteiger charge is -2.05. The number of nitrogens with two attached hydrogens (primary N) is 1. The van der Waals surface area contributed by atoms with E-state index >= 15 is 0 Å². The molecule has 0 unspecified atom stereocenters. The zero-order valence-corrected chi connectivity index (χ0v) is 10.1. The van der Waals surface area contributed by atoms with Crippen LogP contribution < -0.4 is 5.73 Å². The van der Waals surface area contributed by atoms with Gasteiger partial charge >= 0.3 is 0 Å². The molecule has 0 saturated heterocycles. The quantitative estimate of drug-likeness (QED) is 0.759. The van der Waals surface area contributed by atoms with Crippen LogP contribution in [0.1, 0.15) is 15.3 Å². The Balaban J connectivity index is 2.57. The smallest absolute Gasteiger partial charge is 0.0992 e. The van der Waals surface area contributed by atoms with Crippen LogP contribution in [-0.4, -0.2) is 0 Å². The minimum Gasteiger partial charge on any atom is -0.398 e. The maximum Gasteiger partial charge on any atom is 0.0992 e. The third-order valence-electron chi connectivity index (χ3n) is 2.51. The van der Waals surface area contributed by atoms with Gasteiger partial charge in [0.2, 0.25) is 0 Å². The fourth-order valence-corrected chi connectivity index (χ4v) is 2.71. The number of rotatable bonds is 1. The van der Waals surface area contributed by atoms with Crippen LogP contribution in [0.5, 0.6) is 0 Å². The third-order valence-corrected chi connectivity index (χ3v) is 3.48. The zero-order valence-electron chi connectivity index (χ0n) is 9.24. The van der Waals surface area contributed by atoms with Crippen molar-refractivity contribution in [1.82, 2.24) is 0 Å². The van der Waals surface area contributed by atoms with Gasteiger partial charge in [0.15, 0.2) is 0 Å². The van der Waals surface area contributed by atoms with Crippen molar-refractivity contribution in [2.45, 2.75) is 13.8 Å². The first-order chi connectivity index (χ1) is 7.61. The summed E-state index contributed by atoms with van der Waals surface area (Å²) < 4.78 is 0. The fraction of sp³-hybridized carbons (Fsp3) is 0.154. The Kier molecular flexibility index (Phi) is 2.67. The second-order valence-corrected chi connectivity index (χ2v) is 5.20. The Morgan fingerprint density at radius 2 is 1.94 bits per heavy atom. The van der Waals surface area contributed by atoms with Crippen molar-refractivity contribution in [2.75, 3.05) is 5.73 Å². The molecule has 0 bridgehead atoms. The monoisotopic (exact) mass is 228 g/mol. The average molecular weight is 228 g/mol. The molecule has 2 N–H and O–H groups in total. The SMILES string of the molecule is Cc1cc(-c2ccc(C#N)cc2N)c(C)s1. The molecular weight excluding hydrogens is 216 g/mol. The normalized spacial score (nSPS) is 10.1. The molecule has 2 rings (SSSR count). The molecule has 0 atom stereocenters. The number of hydrogen-bond acceptors (Lipinski definition) is 3. The molecule has 0 aliphatic heterocycles. The summed E-state index contributed by atoms with van der Waals surface area (Å²) >= 11 is 1.76. The summed E-state index contributed by atoms with van der Waals surface area (Å²) in [6, 6.07) is 9.67. The number of nitriles is 1. The minimum atomic E-state index is 0.603. The first kappa shape index (κ1) is 10.7. The number of thiophene rings is 1. The highest BCUT2D eigenvalue weighted by atomic mass is 32.1. The number of benzene rings is 1. The first-order valence-electron chi connectivity index (χ1n) is 4.99. The lowest BCUT2D eigenvalue weighted by atomic mass is 10.0. The van der Waals surface area contributed by atoms with Gasteiger partial charge in [0, 0.05) is 21.0 Å². The van der Waals surface area contributed by atoms with Gasteiger partial charge in [-0.25, -0.2) is 0 Å². The molecule has 2 nitrogen and oxygen atoms in total. The summed E-state index contributed by atoms with van der Waals surface area (Å²) in [5.74, 6) is 0. The molecule has 0 saturated carbocycles. The van der Waals surface area contributed by atoms with Crippen LogP contribution >= 0.6 is 11.3 Å². The minimum absolute atomic E-state index is 0.603. The lowest BCUT2D eigenvalue weighted by Crippen LogP contribution is -1.91. The van der Waals surface area contributed by atoms with Gasteiger partial charge < -0.3 is 5.73 Å². The number of aryl methyl sites for hydroxylation is 2. The van der Waals surface area contributed by atoms with Crippen molar-refractivity contribution in [2.24, 2.45) is 0 Å². The Labute approximate surface area is 99.0 Å². The summed E-state index contributed by atoms with van der Waals surface area (Å²) in [7, 11) is 0. The van der Waals surface area contributed by atoms with Crippen molar-refractivity contribution in [3.05, 3.63) is 39.6 Å². The van der Waals surface area contributed by atoms with E-state index in [-0.39, 0.29) is 0 Å². The summed E-state index contributed by atoms with van der Waals surface area (Å²) in [5, 5.41) is 8.78. The van der Waals surface area contributed by atoms with Crippen LogP contribution in [0.15, 0.2) is 24.3 Å². The van der Waals surface area contributed by atoms with E-state index in [9.17, 15) is 0 Å². The molecule has 16 heavy (non-hydrogen) atoms. The van der Waals surface area contributed by atoms with E-state index in [1.54, 1.807) is 23.5 Å². The van der Waals surface area contributed by atoms with Crippen molar-refractivity contribution in [3.8, 4) is 17.2 Å². The Bertz CT molecular complexity index is 576. The average Bonchev–Trinajstić information content (AvgIpc) is 2.57. The van der Waals surface area contributed by atoms with Crippen molar-refractivity contribution >= 4 is 17.0 Å². The maximum absolute atomic E-state index is 8.78. The zero-order chi connectivity index (χ0) is 11.7. The van der Waals surface area contributed by atoms with Crippen molar-refractivity contribution in [1.29, 1.82) is 5.26 Å². The predicted molar refractivity (Wildman–Crippen MR) is 68.4 cm³/mol. The molecule has 0 fully saturated rings. The van der Waals surface area contributed by atoms with Gasteiger partial charge in [-0.05, 0) is 37.6 Å². The summed E-state index contributed by atoms with van der Waals surface area (Å²) in [4.78, 5) is 2.53. The highest BCUT2D eigenvalue weighted by molar-refractivity contribution is 7.12. The Morgan fingerprint density at radius 1 is 1.19 bits per heavy atom. The molecule has 0 spiro atoms. The van der Waals surface area contributed by atoms with E-state index in [4.69, 9.17) is 11.0 Å². The summed E-state index contributed by atoms with van der Waals surface area (Å²) in [6.07, 6.45) is 0. The van der Waals surface area contributed by atoms with Crippen LogP contribution in [-0.2, 0) is 0 Å². The van der Waals surface area contributed by atoms with Crippen LogP contribution in [0.4, 0.5) is 5.69 Å². The predicted octanol–water partition coefficient (Wildman–Crippen LogP) is 3.49. The molecule has 0 aliphatic carbocycles. The van der Waals surface area contributed by atoms with E-state index in [0.717, 1.165) is 5.56 Å². The van der Waals surface area contributed by atoms with Gasteiger partial charge in [-0.3, -0.25) is 0 Å². The van der Waals surface area contributed by atoms with E-state index in [1.807, 2.05) is 6.07 Å². The van der Waals surface area contributed by atoms with E-state index in [1.165, 1.54) is 15.3 Å². The van der Waals surface area contributed by atoms with Gasteiger partial charge in [0.25, 0.3) is 0 Å². The van der Waals surface area contributed by atoms with Crippen LogP contribution in [0, 0.1) is 25.2 Å². The molecule has 0 amide bonds. The van der Waals surface area contributed by atoms with E-state index in [2.05, 4.69) is 26.0 Å². The Morgan fingerprint density at radius 3 is 2.44 bits per heavy atom. The standard InChI is InChI=1S/C13H12N2S/c1-8-5-12(9(2)16-8)11-4-3-10(7-14)6-13(11)15/h3-6H,15H2,1-2H3. The second-order valence-electron chi connectivity index (χ2n) is 3.74. The fourth-order valence-electron chi connectivity index (χ4n) is 1.78. The largest absolute Gasteiger partial charge is 0.398 e. The first-order valence-corrected chi connectivity index (χ1v) is 5.80. The van der Waals surface area contributed by atoms with Gasteiger partial charge in [-0.1, -0.05) is 6.07 Å². The van der Waals surface area contributed by atoms with Gasteiger partial charge in [-0.15, -0.1) is 11.3 Å². The molecule has 2 aromatic rings. The topological polar surface area (TPSA) is 49.8 Å². The van der Waals surface area contributed by atoms with E-state index < -0.39 is 0 Å². The van der Waals surface area contributed by atoms with Gasteiger partial charge in [0.05, 0.1) is 11.6 Å². The molecule has 0 radical (unpaired) electrons. The highest BCUT2D eigenvalue weighted by Gasteiger charge is 2.09. The number of nitrogens with zero attached hydrogens (tertiary/aromatic N) is 1. The Hall–Kier alpha value is -1.79. The number of nitrogen functional groups attached to an aromatic ring is 1. The molecule has 1 aromatic heterocycles. The van der Waals surface area contributed by atoms with Crippen LogP contribution in [0.25, 0.3) is 11.1 Å². The summed E-state index contributed by atoms with van der Waals surface area (Å²) in [5.41, 5.74) is 9.42. The van der Waals surface area contributed by atoms with Gasteiger partial charge in [0.1, 0.15) is 0 Å². The molecule has 80 valence electrons. The summed E-state index contributed by atoms with van der Waals surface area (Å²) in [6.45, 7) is 4.17. The van der Waals surface area contributed by atoms with Crippen LogP contribution in [0.3, 0.4) is 0 Å². The molecule has 1 aromatic carbocycles. The van der Waals surface area contributed by atoms with Crippen molar-refractivity contribution in [3.63, 3.8) is 0 Å². The molecule has 3 heteroatoms. The molecule has 1 heterocycles. The number of anilines is 1. The second kappa shape index (κ2) is 3.99. The maximum atomic E-state index is 8.78. The highest BCUT2D eigenvalue weighted by Crippen LogP contribution is 2.34. The molecular formula is C13H12N2S. The third kappa shape index (κ3) is 1.80. The van der Waals surface area contributed by atoms with Crippen molar-refractivity contribution < 1.29 is 0 Å². The number of hydrogen-bond donors (Lipinski definition) is 1. The molecule has 0 aliphatic rings. The lowest BCUT2D eigenvalue weighted by molar-refractivity contribution is 1.48. The van der Waals surface area contributed by atoms with E-state index in [0.29, 0.717) is 11.3 Å². The van der Waals surface area contributed by atoms with Gasteiger partial charge in [-0.2, -0.15) is 5.26 Å². The van der Waals surface area contributed by atoms with Crippen LogP contribution in [0.2, 0.25) is 0 Å².